The average Bonchev–Trinajstić information content (AvgIpc) is 3.19. The fourth-order valence-electron chi connectivity index (χ4n) is 2.87. The van der Waals surface area contributed by atoms with Gasteiger partial charge in [0.2, 0.25) is 5.89 Å². The molecule has 3 heterocycles. The molecule has 3 rings (SSSR count). The Kier molecular flexibility index (Phi) is 4.59. The summed E-state index contributed by atoms with van der Waals surface area (Å²) in [6, 6.07) is 2.46. The van der Waals surface area contributed by atoms with Crippen LogP contribution in [0.1, 0.15) is 43.5 Å². The largest absolute Gasteiger partial charge is 0.444 e. The minimum atomic E-state index is 0.385. The summed E-state index contributed by atoms with van der Waals surface area (Å²) in [6.07, 6.45) is 4.63. The van der Waals surface area contributed by atoms with Crippen molar-refractivity contribution >= 4 is 0 Å². The zero-order valence-corrected chi connectivity index (χ0v) is 13.5. The van der Waals surface area contributed by atoms with E-state index >= 15 is 0 Å². The second kappa shape index (κ2) is 6.62. The van der Waals surface area contributed by atoms with Crippen molar-refractivity contribution in [3.05, 3.63) is 35.9 Å². The number of hydrogen-bond acceptors (Lipinski definition) is 6. The van der Waals surface area contributed by atoms with Crippen LogP contribution in [-0.4, -0.2) is 46.1 Å². The molecule has 120 valence electrons. The monoisotopic (exact) mass is 304 g/mol. The topological polar surface area (TPSA) is 58.5 Å². The lowest BCUT2D eigenvalue weighted by Gasteiger charge is -2.23. The standard InChI is InChI=1S/C16H24N4O2/c1-12(2)15-8-17-16(22-15)11-19(3)14-4-6-20(10-14)9-13-5-7-21-18-13/h5,7-8,12,14H,4,6,9-11H2,1-3H3. The molecule has 0 radical (unpaired) electrons. The van der Waals surface area contributed by atoms with Crippen LogP contribution in [0.3, 0.4) is 0 Å². The lowest BCUT2D eigenvalue weighted by Crippen LogP contribution is -2.34. The summed E-state index contributed by atoms with van der Waals surface area (Å²) in [7, 11) is 2.14. The van der Waals surface area contributed by atoms with Crippen molar-refractivity contribution in [1.82, 2.24) is 19.9 Å². The molecule has 2 aromatic rings. The number of likely N-dealkylation sites (tertiary alicyclic amines) is 1. The molecule has 0 N–H and O–H groups in total. The molecule has 1 unspecified atom stereocenters. The quantitative estimate of drug-likeness (QED) is 0.817. The molecule has 0 spiro atoms. The fraction of sp³-hybridized carbons (Fsp3) is 0.625. The maximum absolute atomic E-state index is 5.80. The molecule has 22 heavy (non-hydrogen) atoms. The fourth-order valence-corrected chi connectivity index (χ4v) is 2.87. The SMILES string of the molecule is CC(C)c1cnc(CN(C)C2CCN(Cc3ccon3)C2)o1. The highest BCUT2D eigenvalue weighted by atomic mass is 16.5. The Balaban J connectivity index is 1.51. The van der Waals surface area contributed by atoms with Gasteiger partial charge in [-0.15, -0.1) is 0 Å². The van der Waals surface area contributed by atoms with E-state index < -0.39 is 0 Å². The van der Waals surface area contributed by atoms with E-state index in [-0.39, 0.29) is 0 Å². The summed E-state index contributed by atoms with van der Waals surface area (Å²) in [5.41, 5.74) is 0.998. The number of oxazole rings is 1. The van der Waals surface area contributed by atoms with Crippen molar-refractivity contribution in [3.63, 3.8) is 0 Å². The smallest absolute Gasteiger partial charge is 0.208 e. The Labute approximate surface area is 131 Å². The van der Waals surface area contributed by atoms with E-state index in [9.17, 15) is 0 Å². The van der Waals surface area contributed by atoms with Crippen LogP contribution >= 0.6 is 0 Å². The van der Waals surface area contributed by atoms with E-state index in [1.807, 2.05) is 12.3 Å². The minimum absolute atomic E-state index is 0.385. The maximum Gasteiger partial charge on any atom is 0.208 e. The number of aromatic nitrogens is 2. The lowest BCUT2D eigenvalue weighted by molar-refractivity contribution is 0.202. The normalized spacial score (nSPS) is 19.6. The van der Waals surface area contributed by atoms with Crippen molar-refractivity contribution in [2.24, 2.45) is 0 Å². The predicted molar refractivity (Wildman–Crippen MR) is 82.2 cm³/mol. The van der Waals surface area contributed by atoms with E-state index in [0.29, 0.717) is 12.0 Å². The van der Waals surface area contributed by atoms with Crippen LogP contribution in [0, 0.1) is 0 Å². The minimum Gasteiger partial charge on any atom is -0.444 e. The molecule has 2 aromatic heterocycles. The van der Waals surface area contributed by atoms with E-state index in [1.165, 1.54) is 0 Å². The van der Waals surface area contributed by atoms with Crippen LogP contribution in [0.25, 0.3) is 0 Å². The van der Waals surface area contributed by atoms with Crippen LogP contribution in [0.2, 0.25) is 0 Å². The highest BCUT2D eigenvalue weighted by Crippen LogP contribution is 2.20. The highest BCUT2D eigenvalue weighted by molar-refractivity contribution is 5.00. The van der Waals surface area contributed by atoms with Crippen molar-refractivity contribution in [2.45, 2.75) is 45.3 Å². The van der Waals surface area contributed by atoms with Gasteiger partial charge >= 0.3 is 0 Å². The van der Waals surface area contributed by atoms with Gasteiger partial charge in [-0.1, -0.05) is 19.0 Å². The molecular weight excluding hydrogens is 280 g/mol. The Morgan fingerprint density at radius 2 is 2.32 bits per heavy atom. The first-order valence-corrected chi connectivity index (χ1v) is 7.88. The number of rotatable bonds is 6. The van der Waals surface area contributed by atoms with Gasteiger partial charge in [0.25, 0.3) is 0 Å². The van der Waals surface area contributed by atoms with E-state index in [0.717, 1.165) is 49.9 Å². The van der Waals surface area contributed by atoms with Gasteiger partial charge < -0.3 is 8.94 Å². The summed E-state index contributed by atoms with van der Waals surface area (Å²) in [5, 5.41) is 3.98. The molecule has 1 saturated heterocycles. The van der Waals surface area contributed by atoms with Gasteiger partial charge in [0.1, 0.15) is 12.0 Å². The first-order chi connectivity index (χ1) is 10.6. The van der Waals surface area contributed by atoms with Gasteiger partial charge in [-0.05, 0) is 13.5 Å². The van der Waals surface area contributed by atoms with Crippen molar-refractivity contribution in [3.8, 4) is 0 Å². The Morgan fingerprint density at radius 1 is 1.45 bits per heavy atom. The van der Waals surface area contributed by atoms with Gasteiger partial charge in [-0.3, -0.25) is 9.80 Å². The summed E-state index contributed by atoms with van der Waals surface area (Å²) >= 11 is 0. The summed E-state index contributed by atoms with van der Waals surface area (Å²) < 4.78 is 10.7. The molecule has 0 aliphatic carbocycles. The molecule has 1 atom stereocenters. The Morgan fingerprint density at radius 3 is 3.00 bits per heavy atom. The molecule has 1 aliphatic rings. The second-order valence-electron chi connectivity index (χ2n) is 6.39. The van der Waals surface area contributed by atoms with Gasteiger partial charge in [0.15, 0.2) is 0 Å². The molecule has 0 aromatic carbocycles. The van der Waals surface area contributed by atoms with Crippen LogP contribution in [-0.2, 0) is 13.1 Å². The zero-order valence-electron chi connectivity index (χ0n) is 13.5. The van der Waals surface area contributed by atoms with Crippen LogP contribution in [0.5, 0.6) is 0 Å². The third-order valence-corrected chi connectivity index (χ3v) is 4.27. The van der Waals surface area contributed by atoms with Crippen LogP contribution < -0.4 is 0 Å². The molecule has 0 bridgehead atoms. The highest BCUT2D eigenvalue weighted by Gasteiger charge is 2.27. The van der Waals surface area contributed by atoms with Crippen LogP contribution in [0.4, 0.5) is 0 Å². The van der Waals surface area contributed by atoms with Gasteiger partial charge in [-0.2, -0.15) is 0 Å². The summed E-state index contributed by atoms with van der Waals surface area (Å²) in [4.78, 5) is 9.13. The predicted octanol–water partition coefficient (Wildman–Crippen LogP) is 2.49. The average molecular weight is 304 g/mol. The lowest BCUT2D eigenvalue weighted by atomic mass is 10.2. The first-order valence-electron chi connectivity index (χ1n) is 7.88. The van der Waals surface area contributed by atoms with Crippen molar-refractivity contribution in [2.75, 3.05) is 20.1 Å². The zero-order chi connectivity index (χ0) is 15.5. The summed E-state index contributed by atoms with van der Waals surface area (Å²) in [5.74, 6) is 2.15. The molecule has 0 saturated carbocycles. The van der Waals surface area contributed by atoms with E-state index in [4.69, 9.17) is 8.94 Å². The Hall–Kier alpha value is -1.66. The number of hydrogen-bond donors (Lipinski definition) is 0. The van der Waals surface area contributed by atoms with Crippen LogP contribution in [0.15, 0.2) is 27.5 Å². The third-order valence-electron chi connectivity index (χ3n) is 4.27. The second-order valence-corrected chi connectivity index (χ2v) is 6.39. The molecule has 6 heteroatoms. The van der Waals surface area contributed by atoms with Gasteiger partial charge in [0, 0.05) is 37.7 Å². The van der Waals surface area contributed by atoms with E-state index in [2.05, 4.69) is 40.8 Å². The molecule has 0 amide bonds. The third kappa shape index (κ3) is 3.56. The molecular formula is C16H24N4O2. The van der Waals surface area contributed by atoms with E-state index in [1.54, 1.807) is 6.26 Å². The molecule has 1 aliphatic heterocycles. The van der Waals surface area contributed by atoms with Crippen molar-refractivity contribution < 1.29 is 8.94 Å². The van der Waals surface area contributed by atoms with Gasteiger partial charge in [-0.25, -0.2) is 4.98 Å². The first kappa shape index (κ1) is 15.2. The number of nitrogens with zero attached hydrogens (tertiary/aromatic N) is 4. The Bertz CT molecular complexity index is 579. The molecule has 6 nitrogen and oxygen atoms in total. The number of likely N-dealkylation sites (N-methyl/N-ethyl adjacent to an activating group) is 1. The summed E-state index contributed by atoms with van der Waals surface area (Å²) in [6.45, 7) is 7.98. The van der Waals surface area contributed by atoms with Gasteiger partial charge in [0.05, 0.1) is 18.4 Å². The van der Waals surface area contributed by atoms with Crippen molar-refractivity contribution in [1.29, 1.82) is 0 Å². The molecule has 1 fully saturated rings. The maximum atomic E-state index is 5.80.